The molecule has 0 atom stereocenters. The fourth-order valence-corrected chi connectivity index (χ4v) is 3.71. The number of rotatable bonds is 3. The molecule has 0 unspecified atom stereocenters. The van der Waals surface area contributed by atoms with Crippen LogP contribution in [0.25, 0.3) is 0 Å². The molecule has 1 amide bonds. The van der Waals surface area contributed by atoms with Gasteiger partial charge in [0.25, 0.3) is 0 Å². The van der Waals surface area contributed by atoms with E-state index in [2.05, 4.69) is 9.88 Å². The fraction of sp³-hybridized carbons (Fsp3) is 0.588. The highest BCUT2D eigenvalue weighted by molar-refractivity contribution is 5.87. The van der Waals surface area contributed by atoms with Gasteiger partial charge in [-0.25, -0.2) is 9.78 Å². The van der Waals surface area contributed by atoms with Crippen molar-refractivity contribution in [2.75, 3.05) is 31.1 Å². The van der Waals surface area contributed by atoms with Crippen LogP contribution in [0.3, 0.4) is 0 Å². The Hall–Kier alpha value is -2.11. The first kappa shape index (κ1) is 15.8. The van der Waals surface area contributed by atoms with Crippen LogP contribution in [0.1, 0.15) is 43.0 Å². The van der Waals surface area contributed by atoms with Gasteiger partial charge >= 0.3 is 5.97 Å². The summed E-state index contributed by atoms with van der Waals surface area (Å²) in [4.78, 5) is 31.3. The highest BCUT2D eigenvalue weighted by Gasteiger charge is 2.40. The molecular weight excluding hydrogens is 294 g/mol. The summed E-state index contributed by atoms with van der Waals surface area (Å²) in [6.45, 7) is 5.53. The lowest BCUT2D eigenvalue weighted by atomic mass is 9.72. The van der Waals surface area contributed by atoms with E-state index < -0.39 is 5.97 Å². The Morgan fingerprint density at radius 1 is 1.30 bits per heavy atom. The Morgan fingerprint density at radius 3 is 2.61 bits per heavy atom. The van der Waals surface area contributed by atoms with Crippen molar-refractivity contribution in [1.29, 1.82) is 0 Å². The van der Waals surface area contributed by atoms with Crippen molar-refractivity contribution in [2.45, 2.75) is 32.6 Å². The number of nitrogens with zero attached hydrogens (tertiary/aromatic N) is 3. The Labute approximate surface area is 136 Å². The second-order valence-electron chi connectivity index (χ2n) is 6.61. The first-order valence-corrected chi connectivity index (χ1v) is 8.25. The third-order valence-corrected chi connectivity index (χ3v) is 5.27. The lowest BCUT2D eigenvalue weighted by Gasteiger charge is -2.47. The molecule has 1 N–H and O–H groups in total. The van der Waals surface area contributed by atoms with Gasteiger partial charge in [-0.3, -0.25) is 4.79 Å². The van der Waals surface area contributed by atoms with Crippen molar-refractivity contribution >= 4 is 17.7 Å². The minimum atomic E-state index is -0.951. The molecule has 2 saturated heterocycles. The van der Waals surface area contributed by atoms with Crippen molar-refractivity contribution in [3.05, 3.63) is 23.9 Å². The number of hydrogen-bond donors (Lipinski definition) is 1. The van der Waals surface area contributed by atoms with Crippen LogP contribution in [-0.2, 0) is 4.79 Å². The number of aromatic carboxylic acids is 1. The van der Waals surface area contributed by atoms with Crippen LogP contribution in [0.5, 0.6) is 0 Å². The molecule has 0 radical (unpaired) electrons. The Morgan fingerprint density at radius 2 is 2.04 bits per heavy atom. The Kier molecular flexibility index (Phi) is 4.24. The minimum Gasteiger partial charge on any atom is -0.478 e. The molecule has 1 aromatic heterocycles. The van der Waals surface area contributed by atoms with E-state index in [1.165, 1.54) is 6.20 Å². The zero-order valence-corrected chi connectivity index (χ0v) is 13.5. The van der Waals surface area contributed by atoms with Crippen LogP contribution >= 0.6 is 0 Å². The zero-order chi connectivity index (χ0) is 16.4. The maximum Gasteiger partial charge on any atom is 0.337 e. The molecule has 0 saturated carbocycles. The quantitative estimate of drug-likeness (QED) is 0.923. The molecule has 2 fully saturated rings. The van der Waals surface area contributed by atoms with Gasteiger partial charge in [-0.2, -0.15) is 0 Å². The monoisotopic (exact) mass is 317 g/mol. The molecule has 3 rings (SSSR count). The lowest BCUT2D eigenvalue weighted by Crippen LogP contribution is -2.51. The number of carbonyl (C=O) groups excluding carboxylic acids is 1. The van der Waals surface area contributed by atoms with Gasteiger partial charge in [-0.1, -0.05) is 0 Å². The number of hydrogen-bond acceptors (Lipinski definition) is 4. The fourth-order valence-electron chi connectivity index (χ4n) is 3.71. The van der Waals surface area contributed by atoms with E-state index in [4.69, 9.17) is 5.11 Å². The zero-order valence-electron chi connectivity index (χ0n) is 13.5. The number of carboxylic acid groups (broad SMARTS) is 1. The summed E-state index contributed by atoms with van der Waals surface area (Å²) in [6, 6.07) is 3.39. The second kappa shape index (κ2) is 6.18. The largest absolute Gasteiger partial charge is 0.478 e. The molecule has 2 aliphatic heterocycles. The van der Waals surface area contributed by atoms with Crippen molar-refractivity contribution in [3.63, 3.8) is 0 Å². The van der Waals surface area contributed by atoms with Crippen LogP contribution in [0.15, 0.2) is 18.3 Å². The van der Waals surface area contributed by atoms with E-state index in [9.17, 15) is 9.59 Å². The predicted octanol–water partition coefficient (Wildman–Crippen LogP) is 2.01. The van der Waals surface area contributed by atoms with E-state index in [0.29, 0.717) is 6.42 Å². The molecule has 0 bridgehead atoms. The van der Waals surface area contributed by atoms with Crippen molar-refractivity contribution in [3.8, 4) is 0 Å². The smallest absolute Gasteiger partial charge is 0.337 e. The molecule has 2 aliphatic rings. The van der Waals surface area contributed by atoms with Gasteiger partial charge in [0.15, 0.2) is 0 Å². The van der Waals surface area contributed by atoms with Gasteiger partial charge in [-0.15, -0.1) is 0 Å². The first-order chi connectivity index (χ1) is 11.0. The summed E-state index contributed by atoms with van der Waals surface area (Å²) < 4.78 is 0. The van der Waals surface area contributed by atoms with Crippen LogP contribution in [0.2, 0.25) is 0 Å². The standard InChI is InChI=1S/C17H23N3O3/c1-2-19-12-17(6-5-15(19)21)7-9-20(10-8-17)14-4-3-13(11-18-14)16(22)23/h3-4,11H,2,5-10,12H2,1H3,(H,22,23). The summed E-state index contributed by atoms with van der Waals surface area (Å²) in [6.07, 6.45) is 5.18. The molecule has 0 aliphatic carbocycles. The third kappa shape index (κ3) is 3.16. The Balaban J connectivity index is 1.64. The molecule has 124 valence electrons. The van der Waals surface area contributed by atoms with E-state index in [0.717, 1.165) is 51.3 Å². The van der Waals surface area contributed by atoms with Gasteiger partial charge in [0.05, 0.1) is 5.56 Å². The average Bonchev–Trinajstić information content (AvgIpc) is 2.58. The third-order valence-electron chi connectivity index (χ3n) is 5.27. The number of carbonyl (C=O) groups is 2. The van der Waals surface area contributed by atoms with Crippen LogP contribution in [-0.4, -0.2) is 53.0 Å². The number of amides is 1. The van der Waals surface area contributed by atoms with Gasteiger partial charge in [0.1, 0.15) is 5.82 Å². The summed E-state index contributed by atoms with van der Waals surface area (Å²) in [5.41, 5.74) is 0.466. The van der Waals surface area contributed by atoms with Crippen molar-refractivity contribution in [2.24, 2.45) is 5.41 Å². The average molecular weight is 317 g/mol. The first-order valence-electron chi connectivity index (χ1n) is 8.25. The lowest BCUT2D eigenvalue weighted by molar-refractivity contribution is -0.137. The van der Waals surface area contributed by atoms with E-state index in [1.807, 2.05) is 11.8 Å². The number of piperidine rings is 2. The normalized spacial score (nSPS) is 20.8. The van der Waals surface area contributed by atoms with Crippen LogP contribution in [0.4, 0.5) is 5.82 Å². The van der Waals surface area contributed by atoms with Crippen molar-refractivity contribution < 1.29 is 14.7 Å². The molecule has 1 spiro atoms. The van der Waals surface area contributed by atoms with Crippen molar-refractivity contribution in [1.82, 2.24) is 9.88 Å². The van der Waals surface area contributed by atoms with Crippen LogP contribution < -0.4 is 4.90 Å². The SMILES string of the molecule is CCN1CC2(CCC1=O)CCN(c1ccc(C(=O)O)cn1)CC2. The van der Waals surface area contributed by atoms with Gasteiger partial charge < -0.3 is 14.9 Å². The number of aromatic nitrogens is 1. The second-order valence-corrected chi connectivity index (χ2v) is 6.61. The molecule has 0 aromatic carbocycles. The number of carboxylic acids is 1. The minimum absolute atomic E-state index is 0.214. The highest BCUT2D eigenvalue weighted by atomic mass is 16.4. The number of anilines is 1. The topological polar surface area (TPSA) is 73.7 Å². The van der Waals surface area contributed by atoms with E-state index >= 15 is 0 Å². The summed E-state index contributed by atoms with van der Waals surface area (Å²) in [5, 5.41) is 8.94. The summed E-state index contributed by atoms with van der Waals surface area (Å²) in [5.74, 6) is 0.170. The molecular formula is C17H23N3O3. The van der Waals surface area contributed by atoms with E-state index in [1.54, 1.807) is 12.1 Å². The maximum absolute atomic E-state index is 11.9. The van der Waals surface area contributed by atoms with Crippen LogP contribution in [0, 0.1) is 5.41 Å². The number of likely N-dealkylation sites (tertiary alicyclic amines) is 1. The molecule has 6 nitrogen and oxygen atoms in total. The summed E-state index contributed by atoms with van der Waals surface area (Å²) in [7, 11) is 0. The molecule has 6 heteroatoms. The highest BCUT2D eigenvalue weighted by Crippen LogP contribution is 2.40. The predicted molar refractivity (Wildman–Crippen MR) is 86.6 cm³/mol. The molecule has 3 heterocycles. The van der Waals surface area contributed by atoms with E-state index in [-0.39, 0.29) is 16.9 Å². The van der Waals surface area contributed by atoms with Gasteiger partial charge in [-0.05, 0) is 43.7 Å². The molecule has 23 heavy (non-hydrogen) atoms. The molecule has 1 aromatic rings. The number of pyridine rings is 1. The summed E-state index contributed by atoms with van der Waals surface area (Å²) >= 11 is 0. The maximum atomic E-state index is 11.9. The van der Waals surface area contributed by atoms with Gasteiger partial charge in [0, 0.05) is 38.8 Å². The van der Waals surface area contributed by atoms with Gasteiger partial charge in [0.2, 0.25) is 5.91 Å². The Bertz CT molecular complexity index is 592.